The summed E-state index contributed by atoms with van der Waals surface area (Å²) in [4.78, 5) is 26.7. The number of pyridine rings is 1. The van der Waals surface area contributed by atoms with E-state index >= 15 is 0 Å². The fourth-order valence-electron chi connectivity index (χ4n) is 1.83. The molecule has 108 valence electrons. The average molecular weight is 307 g/mol. The molecule has 0 aliphatic rings. The van der Waals surface area contributed by atoms with Crippen LogP contribution in [-0.2, 0) is 4.79 Å². The molecule has 0 bridgehead atoms. The molecule has 1 heterocycles. The Bertz CT molecular complexity index is 720. The standard InChI is InChI=1S/C15H12ClNO4/c16-11-3-1-2-9(6-11)10-7-13(19)15(17-8-10)12(18)4-5-14(20)21/h1-3,6-8,19H,4-5H2,(H,20,21)/i/hD. The minimum absolute atomic E-state index is 0.122. The van der Waals surface area contributed by atoms with Crippen molar-refractivity contribution in [3.8, 4) is 16.9 Å². The van der Waals surface area contributed by atoms with Crippen LogP contribution in [0.15, 0.2) is 36.5 Å². The van der Waals surface area contributed by atoms with E-state index < -0.39 is 11.8 Å². The van der Waals surface area contributed by atoms with E-state index in [1.54, 1.807) is 24.3 Å². The number of carbonyl (C=O) groups is 2. The van der Waals surface area contributed by atoms with Crippen molar-refractivity contribution in [3.05, 3.63) is 47.2 Å². The summed E-state index contributed by atoms with van der Waals surface area (Å²) in [5.74, 6) is -1.59. The lowest BCUT2D eigenvalue weighted by atomic mass is 10.1. The highest BCUT2D eigenvalue weighted by molar-refractivity contribution is 6.30. The number of Topliss-reactive ketones (excluding diaryl/α,β-unsaturated/α-hetero) is 1. The van der Waals surface area contributed by atoms with Crippen molar-refractivity contribution in [1.29, 1.82) is 1.43 Å². The number of hydrogen-bond donors (Lipinski definition) is 2. The molecule has 0 spiro atoms. The highest BCUT2D eigenvalue weighted by atomic mass is 35.5. The summed E-state index contributed by atoms with van der Waals surface area (Å²) in [7, 11) is 0. The van der Waals surface area contributed by atoms with Crippen LogP contribution in [0, 0.1) is 0 Å². The van der Waals surface area contributed by atoms with Gasteiger partial charge in [0.05, 0.1) is 6.42 Å². The number of hydrogen-bond acceptors (Lipinski definition) is 5. The van der Waals surface area contributed by atoms with Gasteiger partial charge in [0.2, 0.25) is 0 Å². The molecule has 0 atom stereocenters. The second kappa shape index (κ2) is 6.37. The van der Waals surface area contributed by atoms with Crippen molar-refractivity contribution in [3.63, 3.8) is 0 Å². The molecule has 1 aromatic heterocycles. The number of ketones is 1. The molecule has 1 aromatic carbocycles. The number of halogens is 1. The van der Waals surface area contributed by atoms with Crippen LogP contribution in [0.2, 0.25) is 5.02 Å². The number of aromatic nitrogens is 1. The number of carboxylic acids is 1. The number of carboxylic acid groups (broad SMARTS) is 1. The first-order valence-electron chi connectivity index (χ1n) is 6.56. The number of carbonyl (C=O) groups excluding carboxylic acids is 1. The zero-order valence-corrected chi connectivity index (χ0v) is 11.6. The van der Waals surface area contributed by atoms with Gasteiger partial charge in [-0.2, -0.15) is 0 Å². The second-order valence-corrected chi connectivity index (χ2v) is 4.83. The number of rotatable bonds is 5. The second-order valence-electron chi connectivity index (χ2n) is 4.40. The molecule has 5 nitrogen and oxygen atoms in total. The molecule has 0 radical (unpaired) electrons. The van der Waals surface area contributed by atoms with Crippen LogP contribution < -0.4 is 0 Å². The van der Waals surface area contributed by atoms with Gasteiger partial charge >= 0.3 is 5.97 Å². The van der Waals surface area contributed by atoms with E-state index in [4.69, 9.17) is 13.0 Å². The molecule has 0 amide bonds. The Labute approximate surface area is 127 Å². The Morgan fingerprint density at radius 3 is 2.71 bits per heavy atom. The molecule has 2 N–H and O–H groups in total. The molecule has 21 heavy (non-hydrogen) atoms. The maximum Gasteiger partial charge on any atom is 0.303 e. The Hall–Kier alpha value is -2.40. The van der Waals surface area contributed by atoms with Crippen molar-refractivity contribution >= 4 is 23.4 Å². The van der Waals surface area contributed by atoms with Crippen LogP contribution >= 0.6 is 11.6 Å². The van der Waals surface area contributed by atoms with Gasteiger partial charge in [-0.1, -0.05) is 23.7 Å². The smallest absolute Gasteiger partial charge is 0.303 e. The summed E-state index contributed by atoms with van der Waals surface area (Å²) in [5, 5.41) is 14.2. The normalized spacial score (nSPS) is 10.8. The van der Waals surface area contributed by atoms with Crippen LogP contribution in [0.5, 0.6) is 5.75 Å². The summed E-state index contributed by atoms with van der Waals surface area (Å²) in [5.41, 5.74) is 1.25. The van der Waals surface area contributed by atoms with Gasteiger partial charge in [-0.25, -0.2) is 4.98 Å². The Balaban J connectivity index is 2.19. The molecule has 0 aliphatic carbocycles. The average Bonchev–Trinajstić information content (AvgIpc) is 2.52. The van der Waals surface area contributed by atoms with E-state index in [0.29, 0.717) is 10.6 Å². The lowest BCUT2D eigenvalue weighted by Gasteiger charge is -2.06. The van der Waals surface area contributed by atoms with Crippen molar-refractivity contribution in [2.24, 2.45) is 0 Å². The van der Waals surface area contributed by atoms with Gasteiger partial charge in [0, 0.05) is 23.2 Å². The van der Waals surface area contributed by atoms with Crippen LogP contribution in [0.3, 0.4) is 0 Å². The van der Waals surface area contributed by atoms with Crippen LogP contribution in [0.1, 0.15) is 23.3 Å². The van der Waals surface area contributed by atoms with E-state index in [1.165, 1.54) is 12.3 Å². The molecule has 0 fully saturated rings. The quantitative estimate of drug-likeness (QED) is 0.828. The third kappa shape index (κ3) is 3.79. The summed E-state index contributed by atoms with van der Waals surface area (Å²) in [6.45, 7) is 0. The molecule has 0 saturated heterocycles. The van der Waals surface area contributed by atoms with Gasteiger partial charge in [-0.15, -0.1) is 0 Å². The predicted molar refractivity (Wildman–Crippen MR) is 77.5 cm³/mol. The first-order valence-corrected chi connectivity index (χ1v) is 6.53. The van der Waals surface area contributed by atoms with Gasteiger partial charge in [0.25, 0.3) is 1.43 Å². The first kappa shape index (κ1) is 13.6. The molecule has 2 rings (SSSR count). The zero-order chi connectivity index (χ0) is 16.1. The maximum absolute atomic E-state index is 11.9. The largest absolute Gasteiger partial charge is 0.506 e. The molecule has 0 unspecified atom stereocenters. The number of aromatic hydroxyl groups is 1. The van der Waals surface area contributed by atoms with Crippen LogP contribution in [0.4, 0.5) is 0 Å². The van der Waals surface area contributed by atoms with E-state index in [2.05, 4.69) is 10.1 Å². The third-order valence-corrected chi connectivity index (χ3v) is 3.08. The summed E-state index contributed by atoms with van der Waals surface area (Å²) >= 11 is 5.90. The van der Waals surface area contributed by atoms with Crippen molar-refractivity contribution in [1.82, 2.24) is 4.98 Å². The number of aliphatic carboxylic acids is 1. The fourth-order valence-corrected chi connectivity index (χ4v) is 2.02. The predicted octanol–water partition coefficient (Wildman–Crippen LogP) is 3.16. The Kier molecular flexibility index (Phi) is 4.12. The topological polar surface area (TPSA) is 87.5 Å². The van der Waals surface area contributed by atoms with Crippen molar-refractivity contribution in [2.75, 3.05) is 0 Å². The lowest BCUT2D eigenvalue weighted by molar-refractivity contribution is -0.136. The Morgan fingerprint density at radius 1 is 1.24 bits per heavy atom. The fraction of sp³-hybridized carbons (Fsp3) is 0.133. The van der Waals surface area contributed by atoms with Crippen LogP contribution in [-0.4, -0.2) is 27.0 Å². The molecule has 0 aliphatic heterocycles. The van der Waals surface area contributed by atoms with E-state index in [-0.39, 0.29) is 24.3 Å². The Morgan fingerprint density at radius 2 is 2.05 bits per heavy atom. The van der Waals surface area contributed by atoms with E-state index in [9.17, 15) is 14.7 Å². The number of nitrogens with zero attached hydrogens (tertiary/aromatic N) is 1. The number of benzene rings is 1. The van der Waals surface area contributed by atoms with Gasteiger partial charge in [0.1, 0.15) is 11.4 Å². The van der Waals surface area contributed by atoms with Crippen LogP contribution in [0.25, 0.3) is 12.6 Å². The highest BCUT2D eigenvalue weighted by Crippen LogP contribution is 2.27. The monoisotopic (exact) mass is 306 g/mol. The minimum atomic E-state index is -0.816. The highest BCUT2D eigenvalue weighted by Gasteiger charge is 2.15. The molecular weight excluding hydrogens is 294 g/mol. The lowest BCUT2D eigenvalue weighted by Crippen LogP contribution is -2.06. The molecule has 0 saturated carbocycles. The first-order chi connectivity index (χ1) is 10.5. The third-order valence-electron chi connectivity index (χ3n) is 2.85. The molecule has 6 heteroatoms. The minimum Gasteiger partial charge on any atom is -0.506 e. The summed E-state index contributed by atoms with van der Waals surface area (Å²) in [6.07, 6.45) is 1.02. The van der Waals surface area contributed by atoms with Gasteiger partial charge in [-0.3, -0.25) is 9.59 Å². The van der Waals surface area contributed by atoms with E-state index in [1.807, 2.05) is 0 Å². The van der Waals surface area contributed by atoms with Gasteiger partial charge in [-0.05, 0) is 23.8 Å². The summed E-state index contributed by atoms with van der Waals surface area (Å²) < 4.78 is 6.40. The SMILES string of the molecule is [2H]OC(=O)CCC(=O)c1ncc(-c2cccc(Cl)c2)cc1O. The van der Waals surface area contributed by atoms with Gasteiger partial charge < -0.3 is 10.2 Å². The summed E-state index contributed by atoms with van der Waals surface area (Å²) in [6, 6.07) is 8.41. The maximum atomic E-state index is 11.9. The zero-order valence-electron chi connectivity index (χ0n) is 11.9. The van der Waals surface area contributed by atoms with E-state index in [0.717, 1.165) is 5.56 Å². The van der Waals surface area contributed by atoms with Gasteiger partial charge in [0.15, 0.2) is 5.78 Å². The van der Waals surface area contributed by atoms with Crippen molar-refractivity contribution < 1.29 is 19.8 Å². The molecular formula is C15H12ClNO4. The molecule has 2 aromatic rings. The van der Waals surface area contributed by atoms with Crippen molar-refractivity contribution in [2.45, 2.75) is 12.8 Å².